The first-order valence-electron chi connectivity index (χ1n) is 14.8. The van der Waals surface area contributed by atoms with E-state index < -0.39 is 48.2 Å². The zero-order valence-corrected chi connectivity index (χ0v) is 27.0. The molecule has 2 fully saturated rings. The summed E-state index contributed by atoms with van der Waals surface area (Å²) in [7, 11) is -7.51. The van der Waals surface area contributed by atoms with Gasteiger partial charge in [-0.15, -0.1) is 0 Å². The van der Waals surface area contributed by atoms with E-state index in [1.165, 1.54) is 34.6 Å². The van der Waals surface area contributed by atoms with Gasteiger partial charge < -0.3 is 9.64 Å². The van der Waals surface area contributed by atoms with Gasteiger partial charge in [0.2, 0.25) is 15.9 Å². The Morgan fingerprint density at radius 2 is 1.62 bits per heavy atom. The number of aryl methyl sites for hydroxylation is 1. The Morgan fingerprint density at radius 3 is 2.31 bits per heavy atom. The van der Waals surface area contributed by atoms with Gasteiger partial charge in [0, 0.05) is 36.1 Å². The van der Waals surface area contributed by atoms with Crippen LogP contribution in [0.15, 0.2) is 65.6 Å². The van der Waals surface area contributed by atoms with Gasteiger partial charge in [-0.25, -0.2) is 29.9 Å². The van der Waals surface area contributed by atoms with Gasteiger partial charge in [0.25, 0.3) is 0 Å². The molecule has 3 aromatic rings. The van der Waals surface area contributed by atoms with Crippen molar-refractivity contribution in [1.29, 1.82) is 0 Å². The van der Waals surface area contributed by atoms with Crippen molar-refractivity contribution in [3.8, 4) is 5.75 Å². The van der Waals surface area contributed by atoms with E-state index in [1.54, 1.807) is 23.1 Å². The van der Waals surface area contributed by atoms with Crippen LogP contribution in [0.4, 0.5) is 8.78 Å². The van der Waals surface area contributed by atoms with E-state index in [2.05, 4.69) is 0 Å². The van der Waals surface area contributed by atoms with Crippen molar-refractivity contribution in [1.82, 2.24) is 9.21 Å². The first-order valence-corrected chi connectivity index (χ1v) is 18.5. The molecule has 1 aliphatic carbocycles. The predicted molar refractivity (Wildman–Crippen MR) is 165 cm³/mol. The average Bonchev–Trinajstić information content (AvgIpc) is 3.42. The lowest BCUT2D eigenvalue weighted by atomic mass is 9.78. The van der Waals surface area contributed by atoms with Crippen molar-refractivity contribution >= 4 is 37.4 Å². The second-order valence-electron chi connectivity index (χ2n) is 12.0. The molecule has 6 rings (SSSR count). The number of sulfone groups is 1. The van der Waals surface area contributed by atoms with E-state index >= 15 is 0 Å². The Kier molecular flexibility index (Phi) is 8.47. The fraction of sp³-hybridized carbons (Fsp3) is 0.406. The number of ether oxygens (including phenoxy) is 1. The quantitative estimate of drug-likeness (QED) is 0.323. The monoisotopic (exact) mass is 678 g/mol. The van der Waals surface area contributed by atoms with E-state index in [0.29, 0.717) is 47.6 Å². The van der Waals surface area contributed by atoms with E-state index in [4.69, 9.17) is 16.3 Å². The minimum atomic E-state index is -4.14. The summed E-state index contributed by atoms with van der Waals surface area (Å²) >= 11 is 6.20. The lowest BCUT2D eigenvalue weighted by Crippen LogP contribution is -2.53. The van der Waals surface area contributed by atoms with Crippen LogP contribution in [0.25, 0.3) is 0 Å². The van der Waals surface area contributed by atoms with Crippen molar-refractivity contribution in [2.24, 2.45) is 5.92 Å². The highest BCUT2D eigenvalue weighted by molar-refractivity contribution is 7.92. The Hall–Kier alpha value is -3.06. The number of carbonyl (C=O) groups is 1. The smallest absolute Gasteiger partial charge is 0.226 e. The minimum Gasteiger partial charge on any atom is -0.489 e. The summed E-state index contributed by atoms with van der Waals surface area (Å²) in [5, 5.41) is 0.360. The Labute approximate surface area is 266 Å². The van der Waals surface area contributed by atoms with Crippen LogP contribution in [0.5, 0.6) is 5.75 Å². The van der Waals surface area contributed by atoms with Gasteiger partial charge >= 0.3 is 0 Å². The number of benzene rings is 3. The SMILES string of the molecule is CS(=O)(=O)N1CCC(C(=O)N2CC[C@@]3(S(=O)(=O)c4ccc(F)cc4)c4ccc(OCc5cc(F)ccc5Cl)cc4CC[C@@H]23)CC1. The Morgan fingerprint density at radius 1 is 0.933 bits per heavy atom. The molecule has 0 spiro atoms. The molecule has 2 aliphatic heterocycles. The predicted octanol–water partition coefficient (Wildman–Crippen LogP) is 5.09. The van der Waals surface area contributed by atoms with Gasteiger partial charge in [-0.3, -0.25) is 4.79 Å². The molecule has 0 N–H and O–H groups in total. The summed E-state index contributed by atoms with van der Waals surface area (Å²) in [5.74, 6) is -1.12. The van der Waals surface area contributed by atoms with Gasteiger partial charge in [-0.1, -0.05) is 17.7 Å². The molecule has 1 amide bonds. The van der Waals surface area contributed by atoms with Crippen molar-refractivity contribution in [2.75, 3.05) is 25.9 Å². The summed E-state index contributed by atoms with van der Waals surface area (Å²) in [6.07, 6.45) is 2.88. The maximum Gasteiger partial charge on any atom is 0.226 e. The summed E-state index contributed by atoms with van der Waals surface area (Å²) in [4.78, 5) is 15.6. The van der Waals surface area contributed by atoms with E-state index in [1.807, 2.05) is 0 Å². The van der Waals surface area contributed by atoms with Crippen LogP contribution in [0.1, 0.15) is 42.4 Å². The zero-order valence-electron chi connectivity index (χ0n) is 24.6. The van der Waals surface area contributed by atoms with E-state index in [0.717, 1.165) is 24.0 Å². The number of piperidine rings is 1. The molecule has 2 atom stereocenters. The van der Waals surface area contributed by atoms with Gasteiger partial charge in [-0.05, 0) is 97.8 Å². The van der Waals surface area contributed by atoms with Crippen LogP contribution in [0.3, 0.4) is 0 Å². The number of nitrogens with zero attached hydrogens (tertiary/aromatic N) is 2. The van der Waals surface area contributed by atoms with Gasteiger partial charge in [-0.2, -0.15) is 0 Å². The summed E-state index contributed by atoms with van der Waals surface area (Å²) in [6, 6.07) is 13.3. The fourth-order valence-corrected chi connectivity index (χ4v) is 10.6. The highest BCUT2D eigenvalue weighted by atomic mass is 35.5. The number of sulfonamides is 1. The Bertz CT molecular complexity index is 1850. The molecule has 240 valence electrons. The van der Waals surface area contributed by atoms with Gasteiger partial charge in [0.15, 0.2) is 9.84 Å². The minimum absolute atomic E-state index is 0.0114. The number of fused-ring (bicyclic) bond motifs is 3. The van der Waals surface area contributed by atoms with Crippen LogP contribution < -0.4 is 4.74 Å². The average molecular weight is 679 g/mol. The van der Waals surface area contributed by atoms with Crippen LogP contribution in [0, 0.1) is 17.6 Å². The van der Waals surface area contributed by atoms with Gasteiger partial charge in [0.1, 0.15) is 28.7 Å². The van der Waals surface area contributed by atoms with Gasteiger partial charge in [0.05, 0.1) is 17.2 Å². The number of hydrogen-bond acceptors (Lipinski definition) is 6. The number of rotatable bonds is 7. The fourth-order valence-electron chi connectivity index (χ4n) is 7.17. The molecule has 0 unspecified atom stereocenters. The first-order chi connectivity index (χ1) is 21.3. The number of hydrogen-bond donors (Lipinski definition) is 0. The van der Waals surface area contributed by atoms with E-state index in [-0.39, 0.29) is 43.5 Å². The molecule has 8 nitrogen and oxygen atoms in total. The number of halogens is 3. The lowest BCUT2D eigenvalue weighted by Gasteiger charge is -2.43. The molecule has 13 heteroatoms. The molecule has 0 radical (unpaired) electrons. The van der Waals surface area contributed by atoms with Crippen molar-refractivity contribution < 1.29 is 35.1 Å². The van der Waals surface area contributed by atoms with Crippen LogP contribution >= 0.6 is 11.6 Å². The maximum atomic E-state index is 14.6. The zero-order chi connectivity index (χ0) is 32.1. The molecule has 3 aromatic carbocycles. The maximum absolute atomic E-state index is 14.6. The Balaban J connectivity index is 1.34. The lowest BCUT2D eigenvalue weighted by molar-refractivity contribution is -0.138. The standard InChI is InChI=1S/C32H33ClF2N2O6S2/c1-44(39,40)36-15-12-21(13-16-36)31(38)37-17-14-32(45(41,42)27-7-3-24(34)4-8-27)28-9-6-26(19-22(28)2-11-30(32)37)43-20-23-18-25(35)5-10-29(23)33/h3-10,18-19,21,30H,2,11-17,20H2,1H3/t30-,32-/m1/s1. The normalized spacial score (nSPS) is 22.6. The summed E-state index contributed by atoms with van der Waals surface area (Å²) < 4.78 is 86.7. The molecule has 2 saturated heterocycles. The van der Waals surface area contributed by atoms with Crippen molar-refractivity contribution in [3.05, 3.63) is 94.0 Å². The van der Waals surface area contributed by atoms with E-state index in [9.17, 15) is 30.4 Å². The second kappa shape index (κ2) is 11.9. The molecule has 0 saturated carbocycles. The third kappa shape index (κ3) is 5.75. The number of amides is 1. The molecule has 2 heterocycles. The summed E-state index contributed by atoms with van der Waals surface area (Å²) in [5.41, 5.74) is 1.80. The van der Waals surface area contributed by atoms with Crippen LogP contribution in [-0.2, 0) is 42.4 Å². The second-order valence-corrected chi connectivity index (χ2v) is 16.6. The molecule has 3 aliphatic rings. The molecule has 0 aromatic heterocycles. The highest BCUT2D eigenvalue weighted by Crippen LogP contribution is 2.53. The molecular formula is C32H33ClF2N2O6S2. The topological polar surface area (TPSA) is 101 Å². The molecule has 0 bridgehead atoms. The third-order valence-corrected chi connectivity index (χ3v) is 13.6. The van der Waals surface area contributed by atoms with Crippen LogP contribution in [0.2, 0.25) is 5.02 Å². The number of carbonyl (C=O) groups excluding carboxylic acids is 1. The molecular weight excluding hydrogens is 646 g/mol. The highest BCUT2D eigenvalue weighted by Gasteiger charge is 2.61. The molecule has 45 heavy (non-hydrogen) atoms. The summed E-state index contributed by atoms with van der Waals surface area (Å²) in [6.45, 7) is 0.696. The van der Waals surface area contributed by atoms with Crippen molar-refractivity contribution in [3.63, 3.8) is 0 Å². The number of likely N-dealkylation sites (tertiary alicyclic amines) is 1. The third-order valence-electron chi connectivity index (χ3n) is 9.42. The first kappa shape index (κ1) is 31.9. The largest absolute Gasteiger partial charge is 0.489 e. The van der Waals surface area contributed by atoms with Crippen LogP contribution in [-0.4, -0.2) is 63.9 Å². The van der Waals surface area contributed by atoms with Crippen molar-refractivity contribution in [2.45, 2.75) is 54.4 Å².